The Morgan fingerprint density at radius 1 is 1.41 bits per heavy atom. The van der Waals surface area contributed by atoms with Crippen LogP contribution in [0.1, 0.15) is 26.2 Å². The maximum absolute atomic E-state index is 4.27. The van der Waals surface area contributed by atoms with Gasteiger partial charge in [-0.05, 0) is 32.1 Å². The van der Waals surface area contributed by atoms with E-state index in [9.17, 15) is 0 Å². The molecule has 0 bridgehead atoms. The molecule has 0 unspecified atom stereocenters. The monoisotopic (exact) mass is 251 g/mol. The van der Waals surface area contributed by atoms with Crippen molar-refractivity contribution in [3.63, 3.8) is 0 Å². The minimum absolute atomic E-state index is 0.474. The van der Waals surface area contributed by atoms with E-state index in [0.717, 1.165) is 24.6 Å². The Balaban J connectivity index is 1.92. The molecule has 1 heterocycles. The van der Waals surface area contributed by atoms with Gasteiger partial charge in [0.05, 0.1) is 0 Å². The van der Waals surface area contributed by atoms with Gasteiger partial charge < -0.3 is 10.6 Å². The van der Waals surface area contributed by atoms with E-state index < -0.39 is 0 Å². The van der Waals surface area contributed by atoms with Crippen LogP contribution in [-0.4, -0.2) is 29.1 Å². The number of anilines is 2. The van der Waals surface area contributed by atoms with Crippen LogP contribution in [0.5, 0.6) is 0 Å². The lowest BCUT2D eigenvalue weighted by Gasteiger charge is -2.40. The first-order chi connectivity index (χ1) is 8.28. The molecule has 4 heteroatoms. The molecule has 1 aliphatic rings. The molecule has 94 valence electrons. The lowest BCUT2D eigenvalue weighted by atomic mass is 9.84. The van der Waals surface area contributed by atoms with Gasteiger partial charge in [0.2, 0.25) is 0 Å². The smallest absolute Gasteiger partial charge is 0.127 e. The summed E-state index contributed by atoms with van der Waals surface area (Å²) in [7, 11) is 0. The molecule has 0 saturated heterocycles. The molecule has 0 aliphatic heterocycles. The Hall–Kier alpha value is -0.900. The number of aromatic nitrogens is 1. The quantitative estimate of drug-likeness (QED) is 0.814. The maximum Gasteiger partial charge on any atom is 0.127 e. The van der Waals surface area contributed by atoms with Gasteiger partial charge in [-0.15, -0.1) is 0 Å². The molecule has 1 fully saturated rings. The molecule has 1 aliphatic carbocycles. The molecular weight excluding hydrogens is 230 g/mol. The van der Waals surface area contributed by atoms with Crippen molar-refractivity contribution in [2.45, 2.75) is 30.9 Å². The van der Waals surface area contributed by atoms with Crippen LogP contribution in [0.25, 0.3) is 0 Å². The topological polar surface area (TPSA) is 37.0 Å². The van der Waals surface area contributed by atoms with Gasteiger partial charge in [0.1, 0.15) is 5.82 Å². The molecule has 17 heavy (non-hydrogen) atoms. The molecule has 0 amide bonds. The summed E-state index contributed by atoms with van der Waals surface area (Å²) in [4.78, 5) is 4.27. The first-order valence-electron chi connectivity index (χ1n) is 6.27. The fourth-order valence-electron chi connectivity index (χ4n) is 2.11. The summed E-state index contributed by atoms with van der Waals surface area (Å²) >= 11 is 2.00. The normalized spacial score (nSPS) is 17.3. The number of rotatable bonds is 6. The van der Waals surface area contributed by atoms with Crippen LogP contribution in [0, 0.1) is 0 Å². The van der Waals surface area contributed by atoms with Gasteiger partial charge in [-0.25, -0.2) is 4.98 Å². The molecule has 2 rings (SSSR count). The van der Waals surface area contributed by atoms with Crippen molar-refractivity contribution < 1.29 is 0 Å². The molecule has 2 N–H and O–H groups in total. The van der Waals surface area contributed by atoms with Crippen LogP contribution < -0.4 is 10.6 Å². The van der Waals surface area contributed by atoms with Crippen LogP contribution in [0.2, 0.25) is 0 Å². The summed E-state index contributed by atoms with van der Waals surface area (Å²) in [6.45, 7) is 4.05. The standard InChI is InChI=1S/C13H21N3S/c1-3-14-12-9-11(5-8-15-12)16-10-13(17-2)6-4-7-13/h5,8-9H,3-4,6-7,10H2,1-2H3,(H2,14,15,16). The van der Waals surface area contributed by atoms with Gasteiger partial charge in [0, 0.05) is 35.8 Å². The number of hydrogen-bond acceptors (Lipinski definition) is 4. The Kier molecular flexibility index (Phi) is 4.15. The van der Waals surface area contributed by atoms with Gasteiger partial charge >= 0.3 is 0 Å². The highest BCUT2D eigenvalue weighted by atomic mass is 32.2. The summed E-state index contributed by atoms with van der Waals surface area (Å²) in [6, 6.07) is 4.11. The van der Waals surface area contributed by atoms with Crippen molar-refractivity contribution in [3.05, 3.63) is 18.3 Å². The molecular formula is C13H21N3S. The first-order valence-corrected chi connectivity index (χ1v) is 7.49. The predicted molar refractivity (Wildman–Crippen MR) is 77.0 cm³/mol. The van der Waals surface area contributed by atoms with E-state index in [0.29, 0.717) is 4.75 Å². The number of nitrogens with zero attached hydrogens (tertiary/aromatic N) is 1. The van der Waals surface area contributed by atoms with E-state index >= 15 is 0 Å². The second-order valence-electron chi connectivity index (χ2n) is 4.55. The molecule has 0 atom stereocenters. The molecule has 1 aromatic heterocycles. The van der Waals surface area contributed by atoms with Crippen LogP contribution in [0.15, 0.2) is 18.3 Å². The predicted octanol–water partition coefficient (Wildman–Crippen LogP) is 3.21. The number of nitrogens with one attached hydrogen (secondary N) is 2. The number of hydrogen-bond donors (Lipinski definition) is 2. The molecule has 1 saturated carbocycles. The minimum Gasteiger partial charge on any atom is -0.383 e. The largest absolute Gasteiger partial charge is 0.383 e. The van der Waals surface area contributed by atoms with Crippen LogP contribution in [0.4, 0.5) is 11.5 Å². The Morgan fingerprint density at radius 3 is 2.82 bits per heavy atom. The zero-order valence-corrected chi connectivity index (χ0v) is 11.4. The summed E-state index contributed by atoms with van der Waals surface area (Å²) in [6.07, 6.45) is 8.13. The third-order valence-electron chi connectivity index (χ3n) is 3.43. The molecule has 3 nitrogen and oxygen atoms in total. The van der Waals surface area contributed by atoms with E-state index in [1.165, 1.54) is 19.3 Å². The van der Waals surface area contributed by atoms with Gasteiger partial charge in [-0.2, -0.15) is 11.8 Å². The molecule has 1 aromatic rings. The highest BCUT2D eigenvalue weighted by molar-refractivity contribution is 8.00. The Morgan fingerprint density at radius 2 is 2.24 bits per heavy atom. The van der Waals surface area contributed by atoms with Crippen molar-refractivity contribution >= 4 is 23.3 Å². The summed E-state index contributed by atoms with van der Waals surface area (Å²) in [5.41, 5.74) is 1.16. The Labute approximate surface area is 108 Å². The van der Waals surface area contributed by atoms with Crippen molar-refractivity contribution in [1.29, 1.82) is 0 Å². The minimum atomic E-state index is 0.474. The Bertz CT molecular complexity index is 358. The van der Waals surface area contributed by atoms with Crippen LogP contribution >= 0.6 is 11.8 Å². The van der Waals surface area contributed by atoms with Crippen molar-refractivity contribution in [2.75, 3.05) is 30.0 Å². The third-order valence-corrected chi connectivity index (χ3v) is 4.85. The molecule has 0 aromatic carbocycles. The van der Waals surface area contributed by atoms with E-state index in [2.05, 4.69) is 34.9 Å². The van der Waals surface area contributed by atoms with E-state index in [-0.39, 0.29) is 0 Å². The average molecular weight is 251 g/mol. The second-order valence-corrected chi connectivity index (χ2v) is 5.83. The van der Waals surface area contributed by atoms with Gasteiger partial charge in [-0.1, -0.05) is 6.42 Å². The fourth-order valence-corrected chi connectivity index (χ4v) is 3.02. The van der Waals surface area contributed by atoms with Crippen LogP contribution in [0.3, 0.4) is 0 Å². The summed E-state index contributed by atoms with van der Waals surface area (Å²) < 4.78 is 0.474. The lowest BCUT2D eigenvalue weighted by molar-refractivity contribution is 0.380. The molecule has 0 radical (unpaired) electrons. The maximum atomic E-state index is 4.27. The van der Waals surface area contributed by atoms with Crippen LogP contribution in [-0.2, 0) is 0 Å². The fraction of sp³-hybridized carbons (Fsp3) is 0.615. The number of pyridine rings is 1. The molecule has 0 spiro atoms. The lowest BCUT2D eigenvalue weighted by Crippen LogP contribution is -2.40. The third kappa shape index (κ3) is 3.06. The summed E-state index contributed by atoms with van der Waals surface area (Å²) in [5.74, 6) is 0.948. The van der Waals surface area contributed by atoms with Gasteiger partial charge in [-0.3, -0.25) is 0 Å². The van der Waals surface area contributed by atoms with Crippen molar-refractivity contribution in [1.82, 2.24) is 4.98 Å². The highest BCUT2D eigenvalue weighted by Crippen LogP contribution is 2.42. The van der Waals surface area contributed by atoms with E-state index in [1.807, 2.05) is 24.0 Å². The van der Waals surface area contributed by atoms with E-state index in [4.69, 9.17) is 0 Å². The highest BCUT2D eigenvalue weighted by Gasteiger charge is 2.35. The average Bonchev–Trinajstić information content (AvgIpc) is 2.29. The number of thioether (sulfide) groups is 1. The van der Waals surface area contributed by atoms with Crippen molar-refractivity contribution in [2.24, 2.45) is 0 Å². The van der Waals surface area contributed by atoms with Gasteiger partial charge in [0.25, 0.3) is 0 Å². The zero-order valence-electron chi connectivity index (χ0n) is 10.6. The van der Waals surface area contributed by atoms with Crippen molar-refractivity contribution in [3.8, 4) is 0 Å². The SMILES string of the molecule is CCNc1cc(NCC2(SC)CCC2)ccn1. The zero-order chi connectivity index (χ0) is 12.1. The first kappa shape index (κ1) is 12.6. The second kappa shape index (κ2) is 5.63. The summed E-state index contributed by atoms with van der Waals surface area (Å²) in [5, 5.41) is 6.77. The van der Waals surface area contributed by atoms with E-state index in [1.54, 1.807) is 0 Å². The van der Waals surface area contributed by atoms with Gasteiger partial charge in [0.15, 0.2) is 0 Å².